The number of carbonyl (C=O) groups is 1. The van der Waals surface area contributed by atoms with Gasteiger partial charge in [0.05, 0.1) is 19.6 Å². The summed E-state index contributed by atoms with van der Waals surface area (Å²) in [5.74, 6) is 1.31. The quantitative estimate of drug-likeness (QED) is 0.859. The predicted octanol–water partition coefficient (Wildman–Crippen LogP) is 2.51. The fourth-order valence-corrected chi connectivity index (χ4v) is 1.82. The van der Waals surface area contributed by atoms with Gasteiger partial charge in [0.15, 0.2) is 11.5 Å². The smallest absolute Gasteiger partial charge is 0.230 e. The molecule has 0 saturated heterocycles. The molecule has 0 aliphatic heterocycles. The highest BCUT2D eigenvalue weighted by Gasteiger charge is 2.30. The summed E-state index contributed by atoms with van der Waals surface area (Å²) in [6, 6.07) is 5.57. The molecular weight excluding hydrogens is 242 g/mol. The standard InChI is InChI=1S/C15H23NO3/c1-6-9-16-14(17)15(2,3)11-7-8-12(18-4)13(10-11)19-5/h7-8,10H,6,9H2,1-5H3,(H,16,17). The lowest BCUT2D eigenvalue weighted by Gasteiger charge is -2.25. The summed E-state index contributed by atoms with van der Waals surface area (Å²) >= 11 is 0. The summed E-state index contributed by atoms with van der Waals surface area (Å²) in [6.07, 6.45) is 0.924. The average molecular weight is 265 g/mol. The molecule has 106 valence electrons. The van der Waals surface area contributed by atoms with Gasteiger partial charge in [-0.15, -0.1) is 0 Å². The molecular formula is C15H23NO3. The Labute approximate surface area is 115 Å². The van der Waals surface area contributed by atoms with Crippen LogP contribution in [-0.2, 0) is 10.2 Å². The third-order valence-electron chi connectivity index (χ3n) is 3.21. The van der Waals surface area contributed by atoms with Crippen LogP contribution in [0, 0.1) is 0 Å². The minimum atomic E-state index is -0.602. The number of carbonyl (C=O) groups excluding carboxylic acids is 1. The molecule has 1 N–H and O–H groups in total. The van der Waals surface area contributed by atoms with Crippen molar-refractivity contribution < 1.29 is 14.3 Å². The average Bonchev–Trinajstić information content (AvgIpc) is 2.43. The third kappa shape index (κ3) is 3.40. The largest absolute Gasteiger partial charge is 0.493 e. The first-order valence-electron chi connectivity index (χ1n) is 6.48. The van der Waals surface area contributed by atoms with Gasteiger partial charge in [0.2, 0.25) is 5.91 Å². The summed E-state index contributed by atoms with van der Waals surface area (Å²) < 4.78 is 10.5. The lowest BCUT2D eigenvalue weighted by molar-refractivity contribution is -0.125. The number of amides is 1. The molecule has 4 nitrogen and oxygen atoms in total. The molecule has 1 aromatic rings. The second kappa shape index (κ2) is 6.45. The van der Waals surface area contributed by atoms with Crippen LogP contribution >= 0.6 is 0 Å². The van der Waals surface area contributed by atoms with Crippen molar-refractivity contribution in [3.05, 3.63) is 23.8 Å². The monoisotopic (exact) mass is 265 g/mol. The second-order valence-corrected chi connectivity index (χ2v) is 4.95. The van der Waals surface area contributed by atoms with E-state index in [2.05, 4.69) is 5.32 Å². The molecule has 1 rings (SSSR count). The number of hydrogen-bond acceptors (Lipinski definition) is 3. The van der Waals surface area contributed by atoms with Crippen LogP contribution in [0.3, 0.4) is 0 Å². The highest BCUT2D eigenvalue weighted by atomic mass is 16.5. The minimum Gasteiger partial charge on any atom is -0.493 e. The zero-order valence-electron chi connectivity index (χ0n) is 12.4. The Kier molecular flexibility index (Phi) is 5.21. The number of methoxy groups -OCH3 is 2. The van der Waals surface area contributed by atoms with Crippen LogP contribution in [0.5, 0.6) is 11.5 Å². The van der Waals surface area contributed by atoms with Crippen molar-refractivity contribution in [1.82, 2.24) is 5.32 Å². The van der Waals surface area contributed by atoms with Crippen LogP contribution < -0.4 is 14.8 Å². The maximum absolute atomic E-state index is 12.2. The first-order valence-corrected chi connectivity index (χ1v) is 6.48. The Hall–Kier alpha value is -1.71. The van der Waals surface area contributed by atoms with E-state index in [4.69, 9.17) is 9.47 Å². The van der Waals surface area contributed by atoms with Gasteiger partial charge in [0.1, 0.15) is 0 Å². The van der Waals surface area contributed by atoms with Crippen molar-refractivity contribution in [2.75, 3.05) is 20.8 Å². The Morgan fingerprint density at radius 1 is 1.21 bits per heavy atom. The molecule has 0 spiro atoms. The van der Waals surface area contributed by atoms with Gasteiger partial charge in [0, 0.05) is 6.54 Å². The lowest BCUT2D eigenvalue weighted by Crippen LogP contribution is -2.40. The zero-order valence-corrected chi connectivity index (χ0v) is 12.4. The van der Waals surface area contributed by atoms with Crippen molar-refractivity contribution in [3.8, 4) is 11.5 Å². The first-order chi connectivity index (χ1) is 8.97. The van der Waals surface area contributed by atoms with Crippen LogP contribution in [0.25, 0.3) is 0 Å². The molecule has 1 amide bonds. The normalized spacial score (nSPS) is 11.0. The van der Waals surface area contributed by atoms with E-state index in [1.165, 1.54) is 0 Å². The molecule has 1 aromatic carbocycles. The maximum Gasteiger partial charge on any atom is 0.230 e. The SMILES string of the molecule is CCCNC(=O)C(C)(C)c1ccc(OC)c(OC)c1. The van der Waals surface area contributed by atoms with Gasteiger partial charge in [-0.3, -0.25) is 4.79 Å². The van der Waals surface area contributed by atoms with Gasteiger partial charge < -0.3 is 14.8 Å². The maximum atomic E-state index is 12.2. The molecule has 0 atom stereocenters. The zero-order chi connectivity index (χ0) is 14.5. The van der Waals surface area contributed by atoms with Gasteiger partial charge in [-0.2, -0.15) is 0 Å². The Bertz CT molecular complexity index is 441. The second-order valence-electron chi connectivity index (χ2n) is 4.95. The van der Waals surface area contributed by atoms with Crippen molar-refractivity contribution in [3.63, 3.8) is 0 Å². The minimum absolute atomic E-state index is 0.0153. The van der Waals surface area contributed by atoms with E-state index < -0.39 is 5.41 Å². The summed E-state index contributed by atoms with van der Waals surface area (Å²) in [4.78, 5) is 12.2. The van der Waals surface area contributed by atoms with Crippen molar-refractivity contribution in [2.45, 2.75) is 32.6 Å². The van der Waals surface area contributed by atoms with E-state index in [0.29, 0.717) is 18.0 Å². The van der Waals surface area contributed by atoms with Crippen LogP contribution in [0.2, 0.25) is 0 Å². The van der Waals surface area contributed by atoms with Gasteiger partial charge in [-0.25, -0.2) is 0 Å². The lowest BCUT2D eigenvalue weighted by atomic mass is 9.83. The molecule has 0 bridgehead atoms. The molecule has 0 aliphatic rings. The van der Waals surface area contributed by atoms with Crippen molar-refractivity contribution in [2.24, 2.45) is 0 Å². The third-order valence-corrected chi connectivity index (χ3v) is 3.21. The van der Waals surface area contributed by atoms with Crippen LogP contribution in [-0.4, -0.2) is 26.7 Å². The summed E-state index contributed by atoms with van der Waals surface area (Å²) in [7, 11) is 3.18. The van der Waals surface area contributed by atoms with E-state index in [9.17, 15) is 4.79 Å². The molecule has 4 heteroatoms. The molecule has 0 fully saturated rings. The molecule has 0 aromatic heterocycles. The molecule has 0 aliphatic carbocycles. The topological polar surface area (TPSA) is 47.6 Å². The van der Waals surface area contributed by atoms with Crippen molar-refractivity contribution >= 4 is 5.91 Å². The van der Waals surface area contributed by atoms with Gasteiger partial charge in [-0.05, 0) is 38.0 Å². The first kappa shape index (κ1) is 15.3. The van der Waals surface area contributed by atoms with E-state index >= 15 is 0 Å². The number of ether oxygens (including phenoxy) is 2. The Balaban J connectivity index is 3.03. The molecule has 0 heterocycles. The molecule has 0 unspecified atom stereocenters. The van der Waals surface area contributed by atoms with Gasteiger partial charge in [-0.1, -0.05) is 13.0 Å². The predicted molar refractivity (Wildman–Crippen MR) is 75.9 cm³/mol. The Morgan fingerprint density at radius 2 is 1.84 bits per heavy atom. The van der Waals surface area contributed by atoms with Crippen LogP contribution in [0.1, 0.15) is 32.8 Å². The van der Waals surface area contributed by atoms with Gasteiger partial charge in [0.25, 0.3) is 0 Å². The summed E-state index contributed by atoms with van der Waals surface area (Å²) in [5, 5.41) is 2.93. The fraction of sp³-hybridized carbons (Fsp3) is 0.533. The fourth-order valence-electron chi connectivity index (χ4n) is 1.82. The van der Waals surface area contributed by atoms with E-state index in [0.717, 1.165) is 12.0 Å². The van der Waals surface area contributed by atoms with E-state index in [1.54, 1.807) is 14.2 Å². The van der Waals surface area contributed by atoms with E-state index in [-0.39, 0.29) is 5.91 Å². The Morgan fingerprint density at radius 3 is 2.37 bits per heavy atom. The number of benzene rings is 1. The summed E-state index contributed by atoms with van der Waals surface area (Å²) in [6.45, 7) is 6.53. The number of rotatable bonds is 6. The highest BCUT2D eigenvalue weighted by molar-refractivity contribution is 5.87. The number of nitrogens with one attached hydrogen (secondary N) is 1. The molecule has 0 saturated carbocycles. The highest BCUT2D eigenvalue weighted by Crippen LogP contribution is 2.33. The van der Waals surface area contributed by atoms with Crippen molar-refractivity contribution in [1.29, 1.82) is 0 Å². The van der Waals surface area contributed by atoms with E-state index in [1.807, 2.05) is 39.0 Å². The molecule has 0 radical (unpaired) electrons. The summed E-state index contributed by atoms with van der Waals surface area (Å²) in [5.41, 5.74) is 0.299. The van der Waals surface area contributed by atoms with Crippen LogP contribution in [0.15, 0.2) is 18.2 Å². The number of hydrogen-bond donors (Lipinski definition) is 1. The molecule has 19 heavy (non-hydrogen) atoms. The van der Waals surface area contributed by atoms with Gasteiger partial charge >= 0.3 is 0 Å². The van der Waals surface area contributed by atoms with Crippen LogP contribution in [0.4, 0.5) is 0 Å².